The molecule has 1 aromatic rings. The molecule has 0 spiro atoms. The molecule has 1 aliphatic carbocycles. The number of sulfonamides is 1. The third-order valence-corrected chi connectivity index (χ3v) is 8.76. The van der Waals surface area contributed by atoms with E-state index in [1.165, 1.54) is 31.2 Å². The van der Waals surface area contributed by atoms with Crippen LogP contribution in [0.2, 0.25) is 0 Å². The number of esters is 4. The van der Waals surface area contributed by atoms with Gasteiger partial charge >= 0.3 is 23.9 Å². The molecule has 11 atom stereocenters. The van der Waals surface area contributed by atoms with Gasteiger partial charge in [-0.2, -0.15) is 0 Å². The number of nitrogens with one attached hydrogen (secondary N) is 1. The summed E-state index contributed by atoms with van der Waals surface area (Å²) in [5.41, 5.74) is 18.8. The lowest BCUT2D eigenvalue weighted by molar-refractivity contribution is -0.305. The minimum atomic E-state index is -4.25. The lowest BCUT2D eigenvalue weighted by atomic mass is 9.84. The summed E-state index contributed by atoms with van der Waals surface area (Å²) < 4.78 is 62.1. The highest BCUT2D eigenvalue weighted by Crippen LogP contribution is 2.36. The van der Waals surface area contributed by atoms with E-state index in [-0.39, 0.29) is 11.3 Å². The summed E-state index contributed by atoms with van der Waals surface area (Å²) in [4.78, 5) is 53.6. The van der Waals surface area contributed by atoms with E-state index < -0.39 is 101 Å². The molecule has 262 valence electrons. The Bertz CT molecular complexity index is 1550. The molecule has 1 aromatic carbocycles. The molecule has 48 heavy (non-hydrogen) atoms. The number of carbonyl (C=O) groups is 4. The minimum Gasteiger partial charge on any atom is -0.460 e. The van der Waals surface area contributed by atoms with Crippen molar-refractivity contribution in [3.63, 3.8) is 0 Å². The Kier molecular flexibility index (Phi) is 13.1. The molecule has 1 saturated heterocycles. The predicted molar refractivity (Wildman–Crippen MR) is 158 cm³/mol. The first-order chi connectivity index (χ1) is 22.6. The van der Waals surface area contributed by atoms with Crippen LogP contribution in [0.3, 0.4) is 0 Å². The normalized spacial score (nSPS) is 30.7. The van der Waals surface area contributed by atoms with Crippen LogP contribution in [0.5, 0.6) is 0 Å². The highest BCUT2D eigenvalue weighted by molar-refractivity contribution is 7.89. The maximum atomic E-state index is 13.2. The molecule has 20 nitrogen and oxygen atoms in total. The summed E-state index contributed by atoms with van der Waals surface area (Å²) in [6, 6.07) is 2.83. The molecule has 2 N–H and O–H groups in total. The van der Waals surface area contributed by atoms with Crippen molar-refractivity contribution in [1.82, 2.24) is 4.72 Å². The molecule has 21 heteroatoms. The number of aliphatic hydroxyl groups excluding tert-OH is 1. The lowest BCUT2D eigenvalue weighted by Crippen LogP contribution is -2.66. The van der Waals surface area contributed by atoms with Crippen LogP contribution in [0.4, 0.5) is 0 Å². The van der Waals surface area contributed by atoms with Gasteiger partial charge in [0.05, 0.1) is 23.1 Å². The summed E-state index contributed by atoms with van der Waals surface area (Å²) in [5, 5.41) is 18.8. The number of benzene rings is 1. The maximum absolute atomic E-state index is 13.2. The van der Waals surface area contributed by atoms with Gasteiger partial charge in [0.1, 0.15) is 30.5 Å². The van der Waals surface area contributed by atoms with Crippen LogP contribution in [0.15, 0.2) is 45.5 Å². The molecule has 2 fully saturated rings. The van der Waals surface area contributed by atoms with Crippen molar-refractivity contribution in [2.75, 3.05) is 0 Å². The van der Waals surface area contributed by atoms with Gasteiger partial charge in [-0.05, 0) is 36.5 Å². The number of ether oxygens (including phenoxy) is 6. The van der Waals surface area contributed by atoms with Gasteiger partial charge < -0.3 is 33.5 Å². The molecular formula is C27H35N7O13S. The summed E-state index contributed by atoms with van der Waals surface area (Å²) in [6.07, 6.45) is -13.1. The first-order valence-electron chi connectivity index (χ1n) is 14.4. The standard InChI is InChI=1S/C27H35N7O13S/c1-12(42-13(2)35)22-26(45-16(5)38)25(44-15(4)37)20(31-34-29)27(46-22)47-23-18(30-33-28)11-19(24(21(23)39)43-14(3)36)32-48(40,41)17-9-7-6-8-10-17/h6-10,12,18-27,32,39H,11H2,1-5H3/t12-,18?,19-,20?,21?,22?,23-,24?,25?,26-,27-/m1/s1. The van der Waals surface area contributed by atoms with Crippen molar-refractivity contribution in [3.8, 4) is 0 Å². The highest BCUT2D eigenvalue weighted by atomic mass is 32.2. The smallest absolute Gasteiger partial charge is 0.303 e. The van der Waals surface area contributed by atoms with Crippen LogP contribution < -0.4 is 4.72 Å². The molecule has 0 amide bonds. The van der Waals surface area contributed by atoms with E-state index in [2.05, 4.69) is 24.8 Å². The van der Waals surface area contributed by atoms with Crippen molar-refractivity contribution < 1.29 is 61.1 Å². The summed E-state index contributed by atoms with van der Waals surface area (Å²) >= 11 is 0. The van der Waals surface area contributed by atoms with Gasteiger partial charge in [0.15, 0.2) is 18.5 Å². The van der Waals surface area contributed by atoms with Crippen LogP contribution >= 0.6 is 0 Å². The Hall–Kier alpha value is -4.49. The zero-order valence-electron chi connectivity index (χ0n) is 26.4. The Balaban J connectivity index is 2.07. The second kappa shape index (κ2) is 16.6. The molecule has 1 heterocycles. The Morgan fingerprint density at radius 3 is 2.00 bits per heavy atom. The molecule has 0 bridgehead atoms. The predicted octanol–water partition coefficient (Wildman–Crippen LogP) is 1.31. The fourth-order valence-electron chi connectivity index (χ4n) is 5.51. The third kappa shape index (κ3) is 9.54. The van der Waals surface area contributed by atoms with Crippen LogP contribution in [-0.2, 0) is 57.6 Å². The average molecular weight is 698 g/mol. The molecule has 0 aromatic heterocycles. The van der Waals surface area contributed by atoms with Gasteiger partial charge in [-0.15, -0.1) is 0 Å². The second-order valence-electron chi connectivity index (χ2n) is 10.8. The fourth-order valence-corrected chi connectivity index (χ4v) is 6.79. The number of carbonyl (C=O) groups excluding carboxylic acids is 4. The van der Waals surface area contributed by atoms with Crippen LogP contribution in [0.1, 0.15) is 41.0 Å². The Morgan fingerprint density at radius 1 is 0.896 bits per heavy atom. The van der Waals surface area contributed by atoms with Crippen LogP contribution in [0, 0.1) is 0 Å². The number of aliphatic hydroxyl groups is 1. The number of hydrogen-bond acceptors (Lipinski definition) is 15. The Labute approximate surface area is 274 Å². The van der Waals surface area contributed by atoms with Crippen LogP contribution in [-0.4, -0.2) is 105 Å². The van der Waals surface area contributed by atoms with Gasteiger partial charge in [0.25, 0.3) is 0 Å². The van der Waals surface area contributed by atoms with Crippen molar-refractivity contribution >= 4 is 33.9 Å². The highest BCUT2D eigenvalue weighted by Gasteiger charge is 2.55. The van der Waals surface area contributed by atoms with Crippen molar-refractivity contribution in [2.24, 2.45) is 10.2 Å². The molecular weight excluding hydrogens is 662 g/mol. The van der Waals surface area contributed by atoms with E-state index in [1.807, 2.05) is 0 Å². The minimum absolute atomic E-state index is 0.139. The maximum Gasteiger partial charge on any atom is 0.303 e. The van der Waals surface area contributed by atoms with Gasteiger partial charge in [-0.1, -0.05) is 28.4 Å². The second-order valence-corrected chi connectivity index (χ2v) is 12.6. The van der Waals surface area contributed by atoms with Gasteiger partial charge in [0.2, 0.25) is 10.0 Å². The quantitative estimate of drug-likeness (QED) is 0.103. The average Bonchev–Trinajstić information content (AvgIpc) is 2.99. The van der Waals surface area contributed by atoms with E-state index in [4.69, 9.17) is 28.4 Å². The fraction of sp³-hybridized carbons (Fsp3) is 0.630. The number of azide groups is 2. The topological polar surface area (TPSA) is 288 Å². The number of hydrogen-bond donors (Lipinski definition) is 2. The van der Waals surface area contributed by atoms with E-state index in [0.717, 1.165) is 27.7 Å². The largest absolute Gasteiger partial charge is 0.460 e. The molecule has 3 rings (SSSR count). The van der Waals surface area contributed by atoms with Gasteiger partial charge in [0, 0.05) is 37.5 Å². The first-order valence-corrected chi connectivity index (χ1v) is 15.9. The van der Waals surface area contributed by atoms with E-state index >= 15 is 0 Å². The van der Waals surface area contributed by atoms with Crippen molar-refractivity contribution in [3.05, 3.63) is 51.2 Å². The lowest BCUT2D eigenvalue weighted by Gasteiger charge is -2.48. The third-order valence-electron chi connectivity index (χ3n) is 7.26. The van der Waals surface area contributed by atoms with E-state index in [1.54, 1.807) is 6.07 Å². The van der Waals surface area contributed by atoms with Crippen LogP contribution in [0.25, 0.3) is 20.9 Å². The molecule has 1 saturated carbocycles. The molecule has 2 aliphatic rings. The molecule has 0 radical (unpaired) electrons. The zero-order chi connectivity index (χ0) is 35.8. The van der Waals surface area contributed by atoms with E-state index in [0.29, 0.717) is 0 Å². The number of rotatable bonds is 12. The SMILES string of the molecule is CC(=O)OC1C(N=[N+]=[N-])[C@@H](O[C@@H]2C(N=[N+]=[N-])C[C@@H](NS(=O)(=O)c3ccccc3)C(OC(C)=O)C2O)OC([C@@H](C)OC(C)=O)[C@H]1OC(C)=O. The Morgan fingerprint density at radius 2 is 1.46 bits per heavy atom. The van der Waals surface area contributed by atoms with E-state index in [9.17, 15) is 43.8 Å². The summed E-state index contributed by atoms with van der Waals surface area (Å²) in [6.45, 7) is 5.56. The number of nitrogens with zero attached hydrogens (tertiary/aromatic N) is 6. The zero-order valence-corrected chi connectivity index (χ0v) is 27.2. The summed E-state index contributed by atoms with van der Waals surface area (Å²) in [7, 11) is -4.25. The van der Waals surface area contributed by atoms with Crippen molar-refractivity contribution in [2.45, 2.75) is 113 Å². The molecule has 1 aliphatic heterocycles. The molecule has 6 unspecified atom stereocenters. The monoisotopic (exact) mass is 697 g/mol. The van der Waals surface area contributed by atoms with Gasteiger partial charge in [-0.3, -0.25) is 19.2 Å². The first kappa shape index (κ1) is 38.0. The van der Waals surface area contributed by atoms with Crippen molar-refractivity contribution in [1.29, 1.82) is 0 Å². The van der Waals surface area contributed by atoms with Gasteiger partial charge in [-0.25, -0.2) is 13.1 Å². The summed E-state index contributed by atoms with van der Waals surface area (Å²) in [5.74, 6) is -3.42.